The van der Waals surface area contributed by atoms with Crippen LogP contribution in [0.1, 0.15) is 10.4 Å². The lowest BCUT2D eigenvalue weighted by Crippen LogP contribution is -2.14. The van der Waals surface area contributed by atoms with Crippen molar-refractivity contribution in [3.63, 3.8) is 0 Å². The molecule has 3 rings (SSSR count). The number of halogens is 2. The smallest absolute Gasteiger partial charge is 0.261 e. The molecule has 3 aromatic rings. The molecule has 0 unspecified atom stereocenters. The third kappa shape index (κ3) is 4.54. The Morgan fingerprint density at radius 3 is 2.46 bits per heavy atom. The van der Waals surface area contributed by atoms with E-state index in [1.54, 1.807) is 36.4 Å². The molecule has 3 aromatic carbocycles. The van der Waals surface area contributed by atoms with Crippen molar-refractivity contribution in [3.8, 4) is 17.2 Å². The molecule has 2 amide bonds. The Hall–Kier alpha value is -3.22. The fourth-order valence-electron chi connectivity index (χ4n) is 2.45. The third-order valence-electron chi connectivity index (χ3n) is 3.72. The zero-order chi connectivity index (χ0) is 20.1. The highest BCUT2D eigenvalue weighted by molar-refractivity contribution is 6.32. The summed E-state index contributed by atoms with van der Waals surface area (Å²) in [5.74, 6) is 0.0813. The van der Waals surface area contributed by atoms with Crippen molar-refractivity contribution >= 4 is 46.9 Å². The number of amides is 2. The summed E-state index contributed by atoms with van der Waals surface area (Å²) in [7, 11) is 0. The van der Waals surface area contributed by atoms with E-state index in [1.807, 2.05) is 0 Å². The molecule has 0 atom stereocenters. The maximum atomic E-state index is 12.5. The summed E-state index contributed by atoms with van der Waals surface area (Å²) >= 11 is 12.1. The van der Waals surface area contributed by atoms with Gasteiger partial charge in [-0.3, -0.25) is 9.59 Å². The Bertz CT molecular complexity index is 1020. The first kappa shape index (κ1) is 19.5. The number of benzene rings is 3. The van der Waals surface area contributed by atoms with Gasteiger partial charge in [-0.25, -0.2) is 0 Å². The highest BCUT2D eigenvalue weighted by atomic mass is 35.5. The van der Waals surface area contributed by atoms with E-state index in [0.717, 1.165) is 0 Å². The maximum Gasteiger partial charge on any atom is 0.261 e. The molecule has 0 aromatic heterocycles. The van der Waals surface area contributed by atoms with Crippen LogP contribution in [0.2, 0.25) is 10.0 Å². The number of anilines is 2. The summed E-state index contributed by atoms with van der Waals surface area (Å²) in [5, 5.41) is 15.8. The molecule has 0 spiro atoms. The summed E-state index contributed by atoms with van der Waals surface area (Å²) in [4.78, 5) is 23.2. The van der Waals surface area contributed by atoms with Crippen LogP contribution in [0.15, 0.2) is 60.7 Å². The van der Waals surface area contributed by atoms with Crippen molar-refractivity contribution in [2.45, 2.75) is 0 Å². The second-order valence-electron chi connectivity index (χ2n) is 5.62. The lowest BCUT2D eigenvalue weighted by molar-refractivity contribution is -0.105. The van der Waals surface area contributed by atoms with Crippen LogP contribution >= 0.6 is 23.2 Å². The highest BCUT2D eigenvalue weighted by Gasteiger charge is 2.17. The first-order valence-corrected chi connectivity index (χ1v) is 8.80. The van der Waals surface area contributed by atoms with E-state index < -0.39 is 5.91 Å². The van der Waals surface area contributed by atoms with Crippen LogP contribution in [-0.4, -0.2) is 17.4 Å². The number of carbonyl (C=O) groups is 2. The normalized spacial score (nSPS) is 10.2. The van der Waals surface area contributed by atoms with E-state index >= 15 is 0 Å². The van der Waals surface area contributed by atoms with Gasteiger partial charge in [0.2, 0.25) is 6.41 Å². The molecule has 0 saturated carbocycles. The van der Waals surface area contributed by atoms with Crippen molar-refractivity contribution in [3.05, 3.63) is 76.3 Å². The minimum atomic E-state index is -0.607. The minimum Gasteiger partial charge on any atom is -0.507 e. The molecule has 0 aliphatic rings. The molecule has 0 radical (unpaired) electrons. The average molecular weight is 417 g/mol. The largest absolute Gasteiger partial charge is 0.507 e. The van der Waals surface area contributed by atoms with Crippen LogP contribution in [0.3, 0.4) is 0 Å². The molecule has 0 saturated heterocycles. The number of carbonyl (C=O) groups excluding carboxylic acids is 2. The number of aromatic hydroxyl groups is 1. The van der Waals surface area contributed by atoms with Crippen LogP contribution < -0.4 is 15.4 Å². The van der Waals surface area contributed by atoms with Crippen molar-refractivity contribution in [1.29, 1.82) is 0 Å². The molecule has 8 heteroatoms. The van der Waals surface area contributed by atoms with E-state index in [-0.39, 0.29) is 22.0 Å². The zero-order valence-electron chi connectivity index (χ0n) is 14.3. The Labute approximate surface area is 170 Å². The summed E-state index contributed by atoms with van der Waals surface area (Å²) in [6.07, 6.45) is 0.422. The molecule has 142 valence electrons. The van der Waals surface area contributed by atoms with Crippen LogP contribution in [0.4, 0.5) is 11.4 Å². The van der Waals surface area contributed by atoms with Crippen molar-refractivity contribution in [1.82, 2.24) is 0 Å². The van der Waals surface area contributed by atoms with Gasteiger partial charge in [0.1, 0.15) is 22.8 Å². The zero-order valence-corrected chi connectivity index (χ0v) is 15.8. The van der Waals surface area contributed by atoms with E-state index in [1.165, 1.54) is 24.3 Å². The molecular formula is C20H14Cl2N2O4. The van der Waals surface area contributed by atoms with Gasteiger partial charge >= 0.3 is 0 Å². The fraction of sp³-hybridized carbons (Fsp3) is 0. The number of hydrogen-bond acceptors (Lipinski definition) is 4. The molecule has 6 nitrogen and oxygen atoms in total. The third-order valence-corrected chi connectivity index (χ3v) is 4.26. The van der Waals surface area contributed by atoms with E-state index in [2.05, 4.69) is 10.6 Å². The number of nitrogens with one attached hydrogen (secondary N) is 2. The molecule has 0 aliphatic carbocycles. The van der Waals surface area contributed by atoms with Gasteiger partial charge in [-0.2, -0.15) is 0 Å². The van der Waals surface area contributed by atoms with E-state index in [9.17, 15) is 14.7 Å². The summed E-state index contributed by atoms with van der Waals surface area (Å²) in [6.45, 7) is 0. The topological polar surface area (TPSA) is 87.7 Å². The number of phenols is 1. The van der Waals surface area contributed by atoms with Crippen LogP contribution in [0.25, 0.3) is 0 Å². The van der Waals surface area contributed by atoms with Crippen molar-refractivity contribution < 1.29 is 19.4 Å². The van der Waals surface area contributed by atoms with Gasteiger partial charge in [-0.05, 0) is 54.6 Å². The van der Waals surface area contributed by atoms with Gasteiger partial charge in [0.05, 0.1) is 10.7 Å². The average Bonchev–Trinajstić information content (AvgIpc) is 2.66. The standard InChI is InChI=1S/C20H14Cl2N2O4/c21-12-4-7-14(8-5-12)28-18-9-6-13(10-15(18)22)24-20(27)19-16(23-11-25)2-1-3-17(19)26/h1-11,26H,(H,23,25)(H,24,27). The molecule has 0 aliphatic heterocycles. The lowest BCUT2D eigenvalue weighted by Gasteiger charge is -2.12. The monoisotopic (exact) mass is 416 g/mol. The summed E-state index contributed by atoms with van der Waals surface area (Å²) in [5.41, 5.74) is 0.507. The lowest BCUT2D eigenvalue weighted by atomic mass is 10.1. The Morgan fingerprint density at radius 2 is 1.79 bits per heavy atom. The molecule has 0 fully saturated rings. The number of ether oxygens (including phenoxy) is 1. The van der Waals surface area contributed by atoms with Gasteiger partial charge < -0.3 is 20.5 Å². The molecular weight excluding hydrogens is 403 g/mol. The quantitative estimate of drug-likeness (QED) is 0.475. The number of rotatable bonds is 6. The van der Waals surface area contributed by atoms with Gasteiger partial charge in [-0.15, -0.1) is 0 Å². The molecule has 0 bridgehead atoms. The van der Waals surface area contributed by atoms with Crippen molar-refractivity contribution in [2.75, 3.05) is 10.6 Å². The second kappa shape index (κ2) is 8.65. The maximum absolute atomic E-state index is 12.5. The SMILES string of the molecule is O=CNc1cccc(O)c1C(=O)Nc1ccc(Oc2ccc(Cl)cc2)c(Cl)c1. The van der Waals surface area contributed by atoms with Gasteiger partial charge in [0.25, 0.3) is 5.91 Å². The summed E-state index contributed by atoms with van der Waals surface area (Å²) in [6, 6.07) is 15.9. The van der Waals surface area contributed by atoms with Crippen LogP contribution in [0.5, 0.6) is 17.2 Å². The predicted octanol–water partition coefficient (Wildman–Crippen LogP) is 5.31. The first-order chi connectivity index (χ1) is 13.5. The Balaban J connectivity index is 1.78. The van der Waals surface area contributed by atoms with Crippen LogP contribution in [-0.2, 0) is 4.79 Å². The highest BCUT2D eigenvalue weighted by Crippen LogP contribution is 2.33. The van der Waals surface area contributed by atoms with Crippen molar-refractivity contribution in [2.24, 2.45) is 0 Å². The van der Waals surface area contributed by atoms with E-state index in [4.69, 9.17) is 27.9 Å². The number of phenolic OH excluding ortho intramolecular Hbond substituents is 1. The van der Waals surface area contributed by atoms with Gasteiger partial charge in [0.15, 0.2) is 0 Å². The van der Waals surface area contributed by atoms with E-state index in [0.29, 0.717) is 28.6 Å². The number of hydrogen-bond donors (Lipinski definition) is 3. The Morgan fingerprint density at radius 1 is 1.04 bits per heavy atom. The minimum absolute atomic E-state index is 0.0628. The fourth-order valence-corrected chi connectivity index (χ4v) is 2.79. The van der Waals surface area contributed by atoms with Crippen LogP contribution in [0, 0.1) is 0 Å². The van der Waals surface area contributed by atoms with Gasteiger partial charge in [-0.1, -0.05) is 29.3 Å². The molecule has 3 N–H and O–H groups in total. The predicted molar refractivity (Wildman–Crippen MR) is 109 cm³/mol. The van der Waals surface area contributed by atoms with Gasteiger partial charge in [0, 0.05) is 10.7 Å². The second-order valence-corrected chi connectivity index (χ2v) is 6.46. The Kier molecular flexibility index (Phi) is 6.03. The first-order valence-electron chi connectivity index (χ1n) is 8.04. The molecule has 0 heterocycles. The summed E-state index contributed by atoms with van der Waals surface area (Å²) < 4.78 is 5.69. The molecule has 28 heavy (non-hydrogen) atoms.